The van der Waals surface area contributed by atoms with E-state index in [0.29, 0.717) is 30.2 Å². The molecular formula is C13H15N5O3. The van der Waals surface area contributed by atoms with E-state index in [9.17, 15) is 4.79 Å². The van der Waals surface area contributed by atoms with Crippen molar-refractivity contribution in [3.63, 3.8) is 0 Å². The first-order valence-corrected chi connectivity index (χ1v) is 6.58. The van der Waals surface area contributed by atoms with Crippen LogP contribution in [0.5, 0.6) is 0 Å². The maximum atomic E-state index is 12.1. The first kappa shape index (κ1) is 13.5. The van der Waals surface area contributed by atoms with Gasteiger partial charge in [-0.05, 0) is 23.4 Å². The van der Waals surface area contributed by atoms with Crippen molar-refractivity contribution in [3.8, 4) is 11.4 Å². The molecule has 8 nitrogen and oxygen atoms in total. The Morgan fingerprint density at radius 1 is 1.38 bits per heavy atom. The van der Waals surface area contributed by atoms with Crippen molar-refractivity contribution in [2.45, 2.75) is 0 Å². The van der Waals surface area contributed by atoms with Crippen LogP contribution in [0.15, 0.2) is 18.2 Å². The van der Waals surface area contributed by atoms with E-state index in [1.807, 2.05) is 12.1 Å². The van der Waals surface area contributed by atoms with Gasteiger partial charge in [0.05, 0.1) is 31.6 Å². The number of aromatic nitrogens is 4. The molecule has 1 aromatic heterocycles. The number of morpholine rings is 1. The standard InChI is InChI=1S/C13H15N5O3/c1-20-13(19)10-8-9(12-14-16-17-15-12)2-3-11(10)18-4-6-21-7-5-18/h2-3,8H,4-7H2,1H3,(H,14,15,16,17). The average molecular weight is 289 g/mol. The number of carbonyl (C=O) groups excluding carboxylic acids is 1. The van der Waals surface area contributed by atoms with Crippen molar-refractivity contribution in [3.05, 3.63) is 23.8 Å². The summed E-state index contributed by atoms with van der Waals surface area (Å²) in [6.07, 6.45) is 0. The third-order valence-corrected chi connectivity index (χ3v) is 3.36. The molecule has 21 heavy (non-hydrogen) atoms. The van der Waals surface area contributed by atoms with E-state index in [2.05, 4.69) is 25.5 Å². The molecule has 1 aliphatic rings. The lowest BCUT2D eigenvalue weighted by molar-refractivity contribution is 0.0600. The van der Waals surface area contributed by atoms with E-state index in [4.69, 9.17) is 9.47 Å². The molecule has 0 amide bonds. The Bertz CT molecular complexity index is 623. The average Bonchev–Trinajstić information content (AvgIpc) is 3.09. The van der Waals surface area contributed by atoms with Crippen LogP contribution in [0, 0.1) is 0 Å². The molecule has 0 radical (unpaired) electrons. The van der Waals surface area contributed by atoms with Gasteiger partial charge in [-0.2, -0.15) is 5.21 Å². The second-order valence-electron chi connectivity index (χ2n) is 4.56. The molecule has 1 aromatic carbocycles. The highest BCUT2D eigenvalue weighted by molar-refractivity contribution is 5.97. The maximum absolute atomic E-state index is 12.1. The molecule has 0 spiro atoms. The van der Waals surface area contributed by atoms with Crippen LogP contribution in [-0.2, 0) is 9.47 Å². The predicted molar refractivity (Wildman–Crippen MR) is 74.0 cm³/mol. The van der Waals surface area contributed by atoms with Crippen molar-refractivity contribution in [2.24, 2.45) is 0 Å². The molecule has 0 saturated carbocycles. The molecule has 1 fully saturated rings. The summed E-state index contributed by atoms with van der Waals surface area (Å²) in [5.74, 6) is 0.0514. The molecule has 2 heterocycles. The van der Waals surface area contributed by atoms with Gasteiger partial charge >= 0.3 is 5.97 Å². The number of hydrogen-bond acceptors (Lipinski definition) is 7. The summed E-state index contributed by atoms with van der Waals surface area (Å²) in [7, 11) is 1.37. The number of esters is 1. The van der Waals surface area contributed by atoms with Gasteiger partial charge in [-0.25, -0.2) is 4.79 Å². The van der Waals surface area contributed by atoms with E-state index in [-0.39, 0.29) is 5.97 Å². The molecule has 1 N–H and O–H groups in total. The second kappa shape index (κ2) is 5.88. The third kappa shape index (κ3) is 2.70. The molecule has 1 saturated heterocycles. The normalized spacial score (nSPS) is 15.0. The van der Waals surface area contributed by atoms with Crippen molar-refractivity contribution < 1.29 is 14.3 Å². The number of nitrogens with one attached hydrogen (secondary N) is 1. The fourth-order valence-corrected chi connectivity index (χ4v) is 2.31. The highest BCUT2D eigenvalue weighted by Crippen LogP contribution is 2.27. The zero-order chi connectivity index (χ0) is 14.7. The molecule has 110 valence electrons. The van der Waals surface area contributed by atoms with Gasteiger partial charge < -0.3 is 14.4 Å². The lowest BCUT2D eigenvalue weighted by atomic mass is 10.1. The van der Waals surface area contributed by atoms with Crippen molar-refractivity contribution in [2.75, 3.05) is 38.3 Å². The first-order chi connectivity index (χ1) is 10.3. The Labute approximate surface area is 121 Å². The molecule has 0 bridgehead atoms. The molecule has 0 aliphatic carbocycles. The Morgan fingerprint density at radius 2 is 2.19 bits per heavy atom. The molecule has 0 atom stereocenters. The lowest BCUT2D eigenvalue weighted by Crippen LogP contribution is -2.37. The van der Waals surface area contributed by atoms with E-state index in [0.717, 1.165) is 18.8 Å². The van der Waals surface area contributed by atoms with Crippen LogP contribution in [0.3, 0.4) is 0 Å². The number of rotatable bonds is 3. The summed E-state index contributed by atoms with van der Waals surface area (Å²) in [4.78, 5) is 14.2. The van der Waals surface area contributed by atoms with Crippen LogP contribution < -0.4 is 4.90 Å². The molecule has 8 heteroatoms. The molecule has 2 aromatic rings. The number of tetrazole rings is 1. The monoisotopic (exact) mass is 289 g/mol. The van der Waals surface area contributed by atoms with Gasteiger partial charge in [0.25, 0.3) is 0 Å². The van der Waals surface area contributed by atoms with Gasteiger partial charge in [0.1, 0.15) is 0 Å². The summed E-state index contributed by atoms with van der Waals surface area (Å²) in [6, 6.07) is 5.47. The van der Waals surface area contributed by atoms with Gasteiger partial charge in [0.2, 0.25) is 5.82 Å². The minimum atomic E-state index is -0.387. The molecule has 0 unspecified atom stereocenters. The fourth-order valence-electron chi connectivity index (χ4n) is 2.31. The number of hydrogen-bond donors (Lipinski definition) is 1. The number of benzene rings is 1. The molecule has 3 rings (SSSR count). The Hall–Kier alpha value is -2.48. The van der Waals surface area contributed by atoms with Crippen LogP contribution in [0.25, 0.3) is 11.4 Å². The van der Waals surface area contributed by atoms with Gasteiger partial charge in [-0.1, -0.05) is 0 Å². The van der Waals surface area contributed by atoms with Crippen LogP contribution in [0.1, 0.15) is 10.4 Å². The zero-order valence-corrected chi connectivity index (χ0v) is 11.6. The second-order valence-corrected chi connectivity index (χ2v) is 4.56. The summed E-state index contributed by atoms with van der Waals surface area (Å²) in [6.45, 7) is 2.78. The minimum absolute atomic E-state index is 0.387. The predicted octanol–water partition coefficient (Wildman–Crippen LogP) is 0.490. The topological polar surface area (TPSA) is 93.2 Å². The molecular weight excluding hydrogens is 274 g/mol. The van der Waals surface area contributed by atoms with Gasteiger partial charge in [0.15, 0.2) is 0 Å². The zero-order valence-electron chi connectivity index (χ0n) is 11.6. The first-order valence-electron chi connectivity index (χ1n) is 6.58. The van der Waals surface area contributed by atoms with Gasteiger partial charge in [0, 0.05) is 18.7 Å². The minimum Gasteiger partial charge on any atom is -0.465 e. The smallest absolute Gasteiger partial charge is 0.339 e. The summed E-state index contributed by atoms with van der Waals surface area (Å²) in [5, 5.41) is 13.8. The number of methoxy groups -OCH3 is 1. The Kier molecular flexibility index (Phi) is 3.78. The molecule has 1 aliphatic heterocycles. The third-order valence-electron chi connectivity index (χ3n) is 3.36. The van der Waals surface area contributed by atoms with Crippen LogP contribution in [0.4, 0.5) is 5.69 Å². The van der Waals surface area contributed by atoms with Crippen LogP contribution in [-0.4, -0.2) is 60.0 Å². The van der Waals surface area contributed by atoms with Gasteiger partial charge in [-0.3, -0.25) is 0 Å². The Morgan fingerprint density at radius 3 is 2.86 bits per heavy atom. The number of aromatic amines is 1. The highest BCUT2D eigenvalue weighted by Gasteiger charge is 2.20. The van der Waals surface area contributed by atoms with Crippen molar-refractivity contribution in [1.29, 1.82) is 0 Å². The van der Waals surface area contributed by atoms with Crippen LogP contribution in [0.2, 0.25) is 0 Å². The van der Waals surface area contributed by atoms with Gasteiger partial charge in [-0.15, -0.1) is 10.2 Å². The lowest BCUT2D eigenvalue weighted by Gasteiger charge is -2.30. The van der Waals surface area contributed by atoms with E-state index in [1.54, 1.807) is 6.07 Å². The van der Waals surface area contributed by atoms with Crippen molar-refractivity contribution in [1.82, 2.24) is 20.6 Å². The van der Waals surface area contributed by atoms with E-state index < -0.39 is 0 Å². The van der Waals surface area contributed by atoms with E-state index in [1.165, 1.54) is 7.11 Å². The number of carbonyl (C=O) groups is 1. The fraction of sp³-hybridized carbons (Fsp3) is 0.385. The summed E-state index contributed by atoms with van der Waals surface area (Å²) < 4.78 is 10.2. The Balaban J connectivity index is 2.01. The largest absolute Gasteiger partial charge is 0.465 e. The maximum Gasteiger partial charge on any atom is 0.339 e. The summed E-state index contributed by atoms with van der Waals surface area (Å²) in [5.41, 5.74) is 2.03. The quantitative estimate of drug-likeness (QED) is 0.822. The summed E-state index contributed by atoms with van der Waals surface area (Å²) >= 11 is 0. The number of anilines is 1. The SMILES string of the molecule is COC(=O)c1cc(-c2nn[nH]n2)ccc1N1CCOCC1. The number of H-pyrrole nitrogens is 1. The highest BCUT2D eigenvalue weighted by atomic mass is 16.5. The number of nitrogens with zero attached hydrogens (tertiary/aromatic N) is 4. The number of ether oxygens (including phenoxy) is 2. The van der Waals surface area contributed by atoms with E-state index >= 15 is 0 Å². The van der Waals surface area contributed by atoms with Crippen molar-refractivity contribution >= 4 is 11.7 Å². The van der Waals surface area contributed by atoms with Crippen LogP contribution >= 0.6 is 0 Å².